The first-order chi connectivity index (χ1) is 11.9. The van der Waals surface area contributed by atoms with Crippen LogP contribution in [-0.2, 0) is 11.3 Å². The summed E-state index contributed by atoms with van der Waals surface area (Å²) in [4.78, 5) is 18.6. The first kappa shape index (κ1) is 16.8. The number of nitrogens with zero attached hydrogens (tertiary/aromatic N) is 2. The Hall–Kier alpha value is -1.69. The maximum absolute atomic E-state index is 14.7. The van der Waals surface area contributed by atoms with Crippen molar-refractivity contribution in [1.29, 1.82) is 0 Å². The number of nitrogens with one attached hydrogen (secondary N) is 1. The third-order valence-electron chi connectivity index (χ3n) is 5.98. The monoisotopic (exact) mass is 347 g/mol. The molecule has 0 spiro atoms. The van der Waals surface area contributed by atoms with Crippen LogP contribution in [-0.4, -0.2) is 42.9 Å². The van der Waals surface area contributed by atoms with E-state index in [1.54, 1.807) is 0 Å². The van der Waals surface area contributed by atoms with E-state index in [2.05, 4.69) is 17.2 Å². The minimum Gasteiger partial charge on any atom is -0.374 e. The SMILES string of the molecule is Cc1c(N2CC[C@H](OCC3(C)CC3)[C@@H](F)C2)nc2c(c1C)C(=O)NC2. The number of hydrogen-bond donors (Lipinski definition) is 1. The van der Waals surface area contributed by atoms with Gasteiger partial charge in [0.25, 0.3) is 5.91 Å². The van der Waals surface area contributed by atoms with Crippen molar-refractivity contribution >= 4 is 11.7 Å². The van der Waals surface area contributed by atoms with Crippen LogP contribution in [0.25, 0.3) is 0 Å². The molecule has 1 aromatic rings. The van der Waals surface area contributed by atoms with Crippen molar-refractivity contribution in [3.05, 3.63) is 22.4 Å². The molecule has 2 atom stereocenters. The molecule has 2 fully saturated rings. The first-order valence-corrected chi connectivity index (χ1v) is 9.17. The summed E-state index contributed by atoms with van der Waals surface area (Å²) in [6.45, 7) is 8.27. The molecule has 1 aromatic heterocycles. The molecule has 1 amide bonds. The molecule has 0 bridgehead atoms. The Morgan fingerprint density at radius 2 is 2.12 bits per heavy atom. The van der Waals surface area contributed by atoms with Crippen LogP contribution in [0.3, 0.4) is 0 Å². The molecule has 3 heterocycles. The minimum atomic E-state index is -1.01. The molecular formula is C19H26FN3O2. The number of ether oxygens (including phenoxy) is 1. The smallest absolute Gasteiger partial charge is 0.253 e. The summed E-state index contributed by atoms with van der Waals surface area (Å²) in [7, 11) is 0. The van der Waals surface area contributed by atoms with Crippen molar-refractivity contribution in [1.82, 2.24) is 10.3 Å². The number of carbonyl (C=O) groups is 1. The Labute approximate surface area is 147 Å². The number of rotatable bonds is 4. The third kappa shape index (κ3) is 3.01. The lowest BCUT2D eigenvalue weighted by Gasteiger charge is -2.36. The molecule has 4 rings (SSSR count). The molecule has 3 aliphatic rings. The predicted molar refractivity (Wildman–Crippen MR) is 93.7 cm³/mol. The second-order valence-corrected chi connectivity index (χ2v) is 8.10. The van der Waals surface area contributed by atoms with Crippen LogP contribution in [0.1, 0.15) is 53.4 Å². The molecule has 5 nitrogen and oxygen atoms in total. The second-order valence-electron chi connectivity index (χ2n) is 8.10. The number of carbonyl (C=O) groups excluding carboxylic acids is 1. The van der Waals surface area contributed by atoms with Gasteiger partial charge < -0.3 is 15.0 Å². The highest BCUT2D eigenvalue weighted by Crippen LogP contribution is 2.45. The van der Waals surface area contributed by atoms with Crippen LogP contribution in [0.2, 0.25) is 0 Å². The largest absolute Gasteiger partial charge is 0.374 e. The topological polar surface area (TPSA) is 54.5 Å². The highest BCUT2D eigenvalue weighted by Gasteiger charge is 2.40. The van der Waals surface area contributed by atoms with E-state index in [0.717, 1.165) is 29.2 Å². The van der Waals surface area contributed by atoms with Crippen molar-refractivity contribution in [2.45, 2.75) is 58.9 Å². The maximum atomic E-state index is 14.7. The lowest BCUT2D eigenvalue weighted by Crippen LogP contribution is -2.47. The normalized spacial score (nSPS) is 27.2. The second kappa shape index (κ2) is 5.94. The Morgan fingerprint density at radius 3 is 2.80 bits per heavy atom. The van der Waals surface area contributed by atoms with Crippen molar-refractivity contribution < 1.29 is 13.9 Å². The lowest BCUT2D eigenvalue weighted by atomic mass is 10.0. The molecule has 6 heteroatoms. The third-order valence-corrected chi connectivity index (χ3v) is 5.98. The quantitative estimate of drug-likeness (QED) is 0.910. The van der Waals surface area contributed by atoms with Gasteiger partial charge in [-0.1, -0.05) is 6.92 Å². The van der Waals surface area contributed by atoms with Gasteiger partial charge in [-0.05, 0) is 49.7 Å². The van der Waals surface area contributed by atoms with E-state index in [9.17, 15) is 9.18 Å². The number of halogens is 1. The summed E-state index contributed by atoms with van der Waals surface area (Å²) >= 11 is 0. The molecular weight excluding hydrogens is 321 g/mol. The van der Waals surface area contributed by atoms with Gasteiger partial charge in [0.15, 0.2) is 0 Å². The summed E-state index contributed by atoms with van der Waals surface area (Å²) in [5, 5.41) is 2.82. The van der Waals surface area contributed by atoms with Crippen molar-refractivity contribution in [2.75, 3.05) is 24.6 Å². The number of amides is 1. The van der Waals surface area contributed by atoms with Crippen LogP contribution >= 0.6 is 0 Å². The van der Waals surface area contributed by atoms with Crippen molar-refractivity contribution in [2.24, 2.45) is 5.41 Å². The average molecular weight is 347 g/mol. The van der Waals surface area contributed by atoms with E-state index in [1.165, 1.54) is 12.8 Å². The molecule has 136 valence electrons. The van der Waals surface area contributed by atoms with Gasteiger partial charge in [0, 0.05) is 6.54 Å². The molecule has 0 radical (unpaired) electrons. The van der Waals surface area contributed by atoms with E-state index in [-0.39, 0.29) is 17.4 Å². The molecule has 1 saturated heterocycles. The highest BCUT2D eigenvalue weighted by molar-refractivity contribution is 5.99. The summed E-state index contributed by atoms with van der Waals surface area (Å²) in [6.07, 6.45) is 1.73. The van der Waals surface area contributed by atoms with Crippen LogP contribution in [0.15, 0.2) is 0 Å². The number of anilines is 1. The number of alkyl halides is 1. The number of piperidine rings is 1. The van der Waals surface area contributed by atoms with Crippen LogP contribution in [0.4, 0.5) is 10.2 Å². The summed E-state index contributed by atoms with van der Waals surface area (Å²) in [5.74, 6) is 0.752. The zero-order valence-electron chi connectivity index (χ0n) is 15.2. The minimum absolute atomic E-state index is 0.0568. The number of pyridine rings is 1. The van der Waals surface area contributed by atoms with E-state index in [0.29, 0.717) is 31.7 Å². The van der Waals surface area contributed by atoms with Crippen LogP contribution in [0, 0.1) is 19.3 Å². The van der Waals surface area contributed by atoms with E-state index in [4.69, 9.17) is 4.74 Å². The van der Waals surface area contributed by atoms with Gasteiger partial charge in [-0.25, -0.2) is 9.37 Å². The van der Waals surface area contributed by atoms with Gasteiger partial charge >= 0.3 is 0 Å². The average Bonchev–Trinajstić information content (AvgIpc) is 3.20. The predicted octanol–water partition coefficient (Wildman–Crippen LogP) is 2.68. The van der Waals surface area contributed by atoms with Gasteiger partial charge in [-0.3, -0.25) is 4.79 Å². The van der Waals surface area contributed by atoms with Gasteiger partial charge in [-0.15, -0.1) is 0 Å². The first-order valence-electron chi connectivity index (χ1n) is 9.17. The van der Waals surface area contributed by atoms with E-state index in [1.807, 2.05) is 18.7 Å². The van der Waals surface area contributed by atoms with Crippen molar-refractivity contribution in [3.8, 4) is 0 Å². The Balaban J connectivity index is 1.48. The fraction of sp³-hybridized carbons (Fsp3) is 0.684. The van der Waals surface area contributed by atoms with Gasteiger partial charge in [0.05, 0.1) is 37.1 Å². The van der Waals surface area contributed by atoms with Crippen molar-refractivity contribution in [3.63, 3.8) is 0 Å². The fourth-order valence-electron chi connectivity index (χ4n) is 3.76. The Bertz CT molecular complexity index is 717. The summed E-state index contributed by atoms with van der Waals surface area (Å²) < 4.78 is 20.6. The van der Waals surface area contributed by atoms with E-state index >= 15 is 0 Å². The standard InChI is InChI=1S/C19H26FN3O2/c1-11-12(2)17(22-14-8-21-18(24)16(11)14)23-7-4-15(13(20)9-23)25-10-19(3)5-6-19/h13,15H,4-10H2,1-3H3,(H,21,24)/t13-,15-/m0/s1. The zero-order valence-corrected chi connectivity index (χ0v) is 15.2. The summed E-state index contributed by atoms with van der Waals surface area (Å²) in [6, 6.07) is 0. The van der Waals surface area contributed by atoms with Crippen LogP contribution in [0.5, 0.6) is 0 Å². The maximum Gasteiger partial charge on any atom is 0.253 e. The number of hydrogen-bond acceptors (Lipinski definition) is 4. The van der Waals surface area contributed by atoms with E-state index < -0.39 is 6.17 Å². The fourth-order valence-corrected chi connectivity index (χ4v) is 3.76. The molecule has 25 heavy (non-hydrogen) atoms. The molecule has 0 unspecified atom stereocenters. The van der Waals surface area contributed by atoms with Gasteiger partial charge in [-0.2, -0.15) is 0 Å². The van der Waals surface area contributed by atoms with Gasteiger partial charge in [0.2, 0.25) is 0 Å². The molecule has 1 aliphatic carbocycles. The molecule has 1 saturated carbocycles. The summed E-state index contributed by atoms with van der Waals surface area (Å²) in [5.41, 5.74) is 3.66. The Morgan fingerprint density at radius 1 is 1.36 bits per heavy atom. The van der Waals surface area contributed by atoms with Gasteiger partial charge in [0.1, 0.15) is 12.0 Å². The molecule has 0 aromatic carbocycles. The zero-order chi connectivity index (χ0) is 17.8. The highest BCUT2D eigenvalue weighted by atomic mass is 19.1. The number of aromatic nitrogens is 1. The molecule has 2 aliphatic heterocycles. The Kier molecular flexibility index (Phi) is 3.98. The molecule has 1 N–H and O–H groups in total. The van der Waals surface area contributed by atoms with Crippen LogP contribution < -0.4 is 10.2 Å². The lowest BCUT2D eigenvalue weighted by molar-refractivity contribution is -0.0302. The number of fused-ring (bicyclic) bond motifs is 1.